The van der Waals surface area contributed by atoms with Gasteiger partial charge in [-0.3, -0.25) is 14.8 Å². The van der Waals surface area contributed by atoms with Gasteiger partial charge in [-0.2, -0.15) is 0 Å². The highest BCUT2D eigenvalue weighted by Gasteiger charge is 2.20. The van der Waals surface area contributed by atoms with Gasteiger partial charge in [0, 0.05) is 17.5 Å². The van der Waals surface area contributed by atoms with Crippen molar-refractivity contribution in [2.75, 3.05) is 19.8 Å². The van der Waals surface area contributed by atoms with Crippen LogP contribution >= 0.6 is 0 Å². The highest BCUT2D eigenvalue weighted by molar-refractivity contribution is 5.94. The molecule has 0 bridgehead atoms. The lowest BCUT2D eigenvalue weighted by molar-refractivity contribution is -0.130. The third-order valence-corrected chi connectivity index (χ3v) is 5.00. The zero-order valence-corrected chi connectivity index (χ0v) is 18.1. The van der Waals surface area contributed by atoms with E-state index in [0.29, 0.717) is 31.1 Å². The summed E-state index contributed by atoms with van der Waals surface area (Å²) in [6.45, 7) is 0.735. The average Bonchev–Trinajstić information content (AvgIpc) is 2.83. The Labute approximate surface area is 194 Å². The second-order valence-corrected chi connectivity index (χ2v) is 7.54. The number of hydroxylamine groups is 1. The van der Waals surface area contributed by atoms with Gasteiger partial charge in [0.1, 0.15) is 13.2 Å². The predicted molar refractivity (Wildman–Crippen MR) is 116 cm³/mol. The first-order valence-corrected chi connectivity index (χ1v) is 10.3. The fourth-order valence-corrected chi connectivity index (χ4v) is 3.29. The third kappa shape index (κ3) is 6.56. The maximum Gasteiger partial charge on any atom is 0.251 e. The minimum atomic E-state index is -1.14. The van der Waals surface area contributed by atoms with Crippen LogP contribution < -0.4 is 31.8 Å². The van der Waals surface area contributed by atoms with Crippen LogP contribution in [0.1, 0.15) is 22.3 Å². The number of ether oxygens (including phenoxy) is 2. The van der Waals surface area contributed by atoms with Crippen molar-refractivity contribution < 1.29 is 33.1 Å². The highest BCUT2D eigenvalue weighted by Crippen LogP contribution is 2.31. The quantitative estimate of drug-likeness (QED) is 0.203. The molecule has 1 heterocycles. The number of hydrogen-bond donors (Lipinski definition) is 5. The van der Waals surface area contributed by atoms with E-state index in [4.69, 9.17) is 26.3 Å². The molecule has 1 atom stereocenters. The molecular formula is C22H25F2N5O5. The minimum Gasteiger partial charge on any atom is -0.486 e. The molecule has 1 aliphatic rings. The molecule has 0 saturated carbocycles. The van der Waals surface area contributed by atoms with Crippen molar-refractivity contribution in [1.82, 2.24) is 15.8 Å². The Morgan fingerprint density at radius 3 is 2.56 bits per heavy atom. The molecule has 0 aromatic heterocycles. The number of carbonyl (C=O) groups is 2. The van der Waals surface area contributed by atoms with Crippen molar-refractivity contribution in [3.05, 3.63) is 71.1 Å². The molecule has 0 radical (unpaired) electrons. The summed E-state index contributed by atoms with van der Waals surface area (Å²) in [6, 6.07) is 7.49. The van der Waals surface area contributed by atoms with Gasteiger partial charge >= 0.3 is 0 Å². The molecule has 0 saturated heterocycles. The van der Waals surface area contributed by atoms with E-state index in [1.165, 1.54) is 11.2 Å². The van der Waals surface area contributed by atoms with Crippen LogP contribution in [0.4, 0.5) is 8.78 Å². The number of rotatable bonds is 9. The number of halogens is 2. The van der Waals surface area contributed by atoms with Gasteiger partial charge in [0.15, 0.2) is 23.1 Å². The van der Waals surface area contributed by atoms with Crippen LogP contribution in [0.25, 0.3) is 0 Å². The number of benzene rings is 2. The van der Waals surface area contributed by atoms with Crippen molar-refractivity contribution in [3.63, 3.8) is 0 Å². The van der Waals surface area contributed by atoms with Gasteiger partial charge in [-0.15, -0.1) is 0 Å². The number of amides is 2. The molecule has 0 fully saturated rings. The summed E-state index contributed by atoms with van der Waals surface area (Å²) < 4.78 is 37.4. The minimum absolute atomic E-state index is 0.0765. The lowest BCUT2D eigenvalue weighted by Gasteiger charge is -2.27. The summed E-state index contributed by atoms with van der Waals surface area (Å²) >= 11 is 0. The number of nitrogens with zero attached hydrogens (tertiary/aromatic N) is 1. The summed E-state index contributed by atoms with van der Waals surface area (Å²) in [5, 5.41) is 12.6. The van der Waals surface area contributed by atoms with Crippen LogP contribution in [-0.4, -0.2) is 47.8 Å². The zero-order valence-electron chi connectivity index (χ0n) is 18.1. The summed E-state index contributed by atoms with van der Waals surface area (Å²) in [4.78, 5) is 23.9. The molecule has 34 heavy (non-hydrogen) atoms. The monoisotopic (exact) mass is 477 g/mol. The Morgan fingerprint density at radius 1 is 1.12 bits per heavy atom. The Morgan fingerprint density at radius 2 is 1.85 bits per heavy atom. The molecule has 12 heteroatoms. The fraction of sp³-hybridized carbons (Fsp3) is 0.273. The molecule has 7 N–H and O–H groups in total. The average molecular weight is 477 g/mol. The first-order chi connectivity index (χ1) is 16.3. The van der Waals surface area contributed by atoms with E-state index in [1.54, 1.807) is 23.7 Å². The Balaban J connectivity index is 1.66. The molecule has 1 unspecified atom stereocenters. The zero-order chi connectivity index (χ0) is 24.7. The SMILES string of the molecule is N/C(=C\N(N)C(CC(=O)NO)Cc1ccc2c(c1)OCCO2)CNC(=O)c1ccc(F)c(F)c1. The van der Waals surface area contributed by atoms with E-state index in [-0.39, 0.29) is 24.2 Å². The Hall–Kier alpha value is -3.90. The van der Waals surface area contributed by atoms with Crippen LogP contribution in [0.3, 0.4) is 0 Å². The highest BCUT2D eigenvalue weighted by atomic mass is 19.2. The van der Waals surface area contributed by atoms with Gasteiger partial charge in [-0.1, -0.05) is 6.07 Å². The molecule has 10 nitrogen and oxygen atoms in total. The summed E-state index contributed by atoms with van der Waals surface area (Å²) in [5.74, 6) is 3.78. The smallest absolute Gasteiger partial charge is 0.251 e. The second kappa shape index (κ2) is 11.3. The normalized spacial score (nSPS) is 13.7. The van der Waals surface area contributed by atoms with E-state index < -0.39 is 29.5 Å². The largest absolute Gasteiger partial charge is 0.486 e. The second-order valence-electron chi connectivity index (χ2n) is 7.54. The number of fused-ring (bicyclic) bond motifs is 1. The van der Waals surface area contributed by atoms with Crippen LogP contribution in [-0.2, 0) is 11.2 Å². The van der Waals surface area contributed by atoms with Gasteiger partial charge in [0.05, 0.1) is 19.0 Å². The van der Waals surface area contributed by atoms with Crippen LogP contribution in [0, 0.1) is 11.6 Å². The number of hydrazine groups is 1. The van der Waals surface area contributed by atoms with Crippen LogP contribution in [0.2, 0.25) is 0 Å². The maximum absolute atomic E-state index is 13.3. The summed E-state index contributed by atoms with van der Waals surface area (Å²) in [6.07, 6.45) is 1.47. The van der Waals surface area contributed by atoms with E-state index in [0.717, 1.165) is 23.8 Å². The number of hydrogen-bond acceptors (Lipinski definition) is 8. The lowest BCUT2D eigenvalue weighted by Crippen LogP contribution is -2.42. The molecule has 2 aromatic rings. The van der Waals surface area contributed by atoms with E-state index in [9.17, 15) is 18.4 Å². The van der Waals surface area contributed by atoms with Crippen molar-refractivity contribution in [2.45, 2.75) is 18.9 Å². The van der Waals surface area contributed by atoms with E-state index >= 15 is 0 Å². The Bertz CT molecular complexity index is 1080. The molecule has 2 aromatic carbocycles. The molecular weight excluding hydrogens is 452 g/mol. The first-order valence-electron chi connectivity index (χ1n) is 10.3. The fourth-order valence-electron chi connectivity index (χ4n) is 3.29. The van der Waals surface area contributed by atoms with Crippen molar-refractivity contribution in [3.8, 4) is 11.5 Å². The number of nitrogens with one attached hydrogen (secondary N) is 2. The van der Waals surface area contributed by atoms with Crippen LogP contribution in [0.15, 0.2) is 48.3 Å². The maximum atomic E-state index is 13.3. The van der Waals surface area contributed by atoms with Crippen molar-refractivity contribution in [1.29, 1.82) is 0 Å². The molecule has 0 aliphatic carbocycles. The van der Waals surface area contributed by atoms with Gasteiger partial charge in [0.25, 0.3) is 5.91 Å². The standard InChI is InChI=1S/C22H25F2N5O5/c23-17-3-2-14(9-18(17)24)22(31)27-11-15(25)12-29(26)16(10-21(30)28-32)7-13-1-4-19-20(8-13)34-6-5-33-19/h1-4,8-9,12,16,32H,5-7,10-11,25-26H2,(H,27,31)(H,28,30)/b15-12-. The molecule has 182 valence electrons. The van der Waals surface area contributed by atoms with Gasteiger partial charge < -0.3 is 25.5 Å². The molecule has 2 amide bonds. The molecule has 0 spiro atoms. The van der Waals surface area contributed by atoms with Crippen molar-refractivity contribution >= 4 is 11.8 Å². The van der Waals surface area contributed by atoms with Crippen LogP contribution in [0.5, 0.6) is 11.5 Å². The lowest BCUT2D eigenvalue weighted by atomic mass is 10.0. The van der Waals surface area contributed by atoms with Gasteiger partial charge in [-0.05, 0) is 42.3 Å². The van der Waals surface area contributed by atoms with E-state index in [2.05, 4.69) is 5.32 Å². The topological polar surface area (TPSA) is 152 Å². The number of nitrogens with two attached hydrogens (primary N) is 2. The van der Waals surface area contributed by atoms with Crippen molar-refractivity contribution in [2.24, 2.45) is 11.6 Å². The molecule has 1 aliphatic heterocycles. The predicted octanol–water partition coefficient (Wildman–Crippen LogP) is 0.948. The van der Waals surface area contributed by atoms with Gasteiger partial charge in [0.2, 0.25) is 5.91 Å². The summed E-state index contributed by atoms with van der Waals surface area (Å²) in [5.41, 5.74) is 8.38. The van der Waals surface area contributed by atoms with Gasteiger partial charge in [-0.25, -0.2) is 20.1 Å². The Kier molecular flexibility index (Phi) is 8.22. The number of carbonyl (C=O) groups excluding carboxylic acids is 2. The first kappa shape index (κ1) is 24.7. The van der Waals surface area contributed by atoms with E-state index in [1.807, 2.05) is 0 Å². The third-order valence-electron chi connectivity index (χ3n) is 5.00. The summed E-state index contributed by atoms with van der Waals surface area (Å²) in [7, 11) is 0. The molecule has 3 rings (SSSR count).